The van der Waals surface area contributed by atoms with Crippen molar-refractivity contribution >= 4 is 33.3 Å². The normalized spacial score (nSPS) is 12.0. The van der Waals surface area contributed by atoms with E-state index >= 15 is 0 Å². The fraction of sp³-hybridized carbons (Fsp3) is 0.273. The van der Waals surface area contributed by atoms with Crippen LogP contribution < -0.4 is 5.32 Å². The summed E-state index contributed by atoms with van der Waals surface area (Å²) in [4.78, 5) is 13.3. The zero-order valence-electron chi connectivity index (χ0n) is 17.6. The lowest BCUT2D eigenvalue weighted by atomic mass is 10.2. The average Bonchev–Trinajstić information content (AvgIpc) is 3.45. The molecule has 0 saturated carbocycles. The van der Waals surface area contributed by atoms with E-state index in [2.05, 4.69) is 5.32 Å². The number of amides is 1. The lowest BCUT2D eigenvalue weighted by molar-refractivity contribution is -0.116. The Morgan fingerprint density at radius 2 is 2.00 bits per heavy atom. The summed E-state index contributed by atoms with van der Waals surface area (Å²) in [5, 5.41) is 9.50. The first-order valence-electron chi connectivity index (χ1n) is 9.99. The largest absolute Gasteiger partial charge is 0.353 e. The number of aromatic nitrogens is 2. The maximum Gasteiger partial charge on any atom is 0.244 e. The molecule has 3 aromatic rings. The number of carbonyl (C=O) groups is 1. The third kappa shape index (κ3) is 6.13. The molecule has 0 fully saturated rings. The van der Waals surface area contributed by atoms with Crippen molar-refractivity contribution in [1.82, 2.24) is 19.4 Å². The Labute approximate surface area is 187 Å². The summed E-state index contributed by atoms with van der Waals surface area (Å²) < 4.78 is 26.6. The molecule has 1 N–H and O–H groups in total. The van der Waals surface area contributed by atoms with Crippen LogP contribution in [0.4, 0.5) is 0 Å². The number of sulfonamides is 1. The summed E-state index contributed by atoms with van der Waals surface area (Å²) in [6.45, 7) is 2.38. The molecule has 2 heterocycles. The summed E-state index contributed by atoms with van der Waals surface area (Å²) >= 11 is 1.59. The predicted octanol–water partition coefficient (Wildman–Crippen LogP) is 3.40. The van der Waals surface area contributed by atoms with E-state index in [1.165, 1.54) is 10.4 Å². The van der Waals surface area contributed by atoms with Gasteiger partial charge in [0, 0.05) is 38.0 Å². The molecule has 9 heteroatoms. The van der Waals surface area contributed by atoms with E-state index in [0.717, 1.165) is 21.8 Å². The molecular weight excluding hydrogens is 432 g/mol. The average molecular weight is 459 g/mol. The standard InChI is InChI=1S/C22H26N4O3S2/c1-3-31(28,29)25(2)15-8-14-23-21(27)13-12-18-17-26(19-9-5-4-6-10-19)24-22(18)20-11-7-16-30-20/h4-7,9-13,16-17H,3,8,14-15H2,1-2H3,(H,23,27)/b13-12+. The van der Waals surface area contributed by atoms with Crippen LogP contribution in [-0.4, -0.2) is 54.3 Å². The fourth-order valence-electron chi connectivity index (χ4n) is 2.92. The number of hydrogen-bond donors (Lipinski definition) is 1. The smallest absolute Gasteiger partial charge is 0.244 e. The Balaban J connectivity index is 1.64. The first-order chi connectivity index (χ1) is 14.9. The molecule has 2 aromatic heterocycles. The molecule has 0 radical (unpaired) electrons. The second-order valence-electron chi connectivity index (χ2n) is 6.89. The number of para-hydroxylation sites is 1. The van der Waals surface area contributed by atoms with Crippen LogP contribution >= 0.6 is 11.3 Å². The van der Waals surface area contributed by atoms with Crippen LogP contribution in [0.3, 0.4) is 0 Å². The molecule has 31 heavy (non-hydrogen) atoms. The molecule has 1 amide bonds. The van der Waals surface area contributed by atoms with Gasteiger partial charge in [-0.1, -0.05) is 24.3 Å². The third-order valence-electron chi connectivity index (χ3n) is 4.72. The first kappa shape index (κ1) is 22.9. The van der Waals surface area contributed by atoms with Gasteiger partial charge >= 0.3 is 0 Å². The van der Waals surface area contributed by atoms with Gasteiger partial charge in [-0.15, -0.1) is 11.3 Å². The van der Waals surface area contributed by atoms with E-state index in [0.29, 0.717) is 19.5 Å². The van der Waals surface area contributed by atoms with Gasteiger partial charge in [-0.2, -0.15) is 5.10 Å². The van der Waals surface area contributed by atoms with Gasteiger partial charge in [-0.25, -0.2) is 17.4 Å². The van der Waals surface area contributed by atoms with Gasteiger partial charge in [0.05, 0.1) is 16.3 Å². The quantitative estimate of drug-likeness (QED) is 0.373. The summed E-state index contributed by atoms with van der Waals surface area (Å²) in [7, 11) is -1.64. The van der Waals surface area contributed by atoms with Gasteiger partial charge in [0.1, 0.15) is 5.69 Å². The van der Waals surface area contributed by atoms with Crippen LogP contribution in [-0.2, 0) is 14.8 Å². The molecular formula is C22H26N4O3S2. The van der Waals surface area contributed by atoms with E-state index < -0.39 is 10.0 Å². The van der Waals surface area contributed by atoms with Crippen LogP contribution in [0.5, 0.6) is 0 Å². The van der Waals surface area contributed by atoms with E-state index in [9.17, 15) is 13.2 Å². The predicted molar refractivity (Wildman–Crippen MR) is 126 cm³/mol. The molecule has 0 atom stereocenters. The maximum absolute atomic E-state index is 12.2. The van der Waals surface area contributed by atoms with E-state index in [-0.39, 0.29) is 11.7 Å². The van der Waals surface area contributed by atoms with Crippen LogP contribution in [0.2, 0.25) is 0 Å². The minimum Gasteiger partial charge on any atom is -0.353 e. The number of rotatable bonds is 10. The number of hydrogen-bond acceptors (Lipinski definition) is 5. The topological polar surface area (TPSA) is 84.3 Å². The monoisotopic (exact) mass is 458 g/mol. The molecule has 3 rings (SSSR count). The highest BCUT2D eigenvalue weighted by atomic mass is 32.2. The number of benzene rings is 1. The van der Waals surface area contributed by atoms with Crippen molar-refractivity contribution in [1.29, 1.82) is 0 Å². The van der Waals surface area contributed by atoms with Gasteiger partial charge < -0.3 is 5.32 Å². The summed E-state index contributed by atoms with van der Waals surface area (Å²) in [6.07, 6.45) is 5.68. The number of nitrogens with one attached hydrogen (secondary N) is 1. The SMILES string of the molecule is CCS(=O)(=O)N(C)CCCNC(=O)/C=C/c1cn(-c2ccccc2)nc1-c1cccs1. The maximum atomic E-state index is 12.2. The zero-order chi connectivity index (χ0) is 22.3. The molecule has 0 aliphatic heterocycles. The van der Waals surface area contributed by atoms with Crippen molar-refractivity contribution in [2.45, 2.75) is 13.3 Å². The Hall–Kier alpha value is -2.75. The van der Waals surface area contributed by atoms with E-state index in [1.807, 2.05) is 54.0 Å². The molecule has 0 aliphatic rings. The van der Waals surface area contributed by atoms with Crippen molar-refractivity contribution in [3.8, 4) is 16.3 Å². The van der Waals surface area contributed by atoms with Crippen molar-refractivity contribution in [3.63, 3.8) is 0 Å². The van der Waals surface area contributed by atoms with E-state index in [4.69, 9.17) is 5.10 Å². The van der Waals surface area contributed by atoms with Crippen molar-refractivity contribution in [2.75, 3.05) is 25.9 Å². The van der Waals surface area contributed by atoms with Crippen LogP contribution in [0.15, 0.2) is 60.1 Å². The summed E-state index contributed by atoms with van der Waals surface area (Å²) in [5.41, 5.74) is 2.60. The van der Waals surface area contributed by atoms with Crippen LogP contribution in [0.25, 0.3) is 22.3 Å². The highest BCUT2D eigenvalue weighted by molar-refractivity contribution is 7.89. The molecule has 164 valence electrons. The lowest BCUT2D eigenvalue weighted by Gasteiger charge is -2.15. The van der Waals surface area contributed by atoms with E-state index in [1.54, 1.807) is 36.1 Å². The van der Waals surface area contributed by atoms with Gasteiger partial charge in [-0.3, -0.25) is 4.79 Å². The Morgan fingerprint density at radius 1 is 1.23 bits per heavy atom. The van der Waals surface area contributed by atoms with Crippen LogP contribution in [0.1, 0.15) is 18.9 Å². The highest BCUT2D eigenvalue weighted by Gasteiger charge is 2.14. The van der Waals surface area contributed by atoms with Gasteiger partial charge in [0.15, 0.2) is 0 Å². The number of thiophene rings is 1. The minimum atomic E-state index is -3.19. The van der Waals surface area contributed by atoms with Crippen molar-refractivity contribution in [3.05, 3.63) is 65.7 Å². The zero-order valence-corrected chi connectivity index (χ0v) is 19.2. The van der Waals surface area contributed by atoms with Gasteiger partial charge in [0.2, 0.25) is 15.9 Å². The minimum absolute atomic E-state index is 0.0713. The Bertz CT molecular complexity index is 1120. The molecule has 0 spiro atoms. The highest BCUT2D eigenvalue weighted by Crippen LogP contribution is 2.28. The van der Waals surface area contributed by atoms with Crippen molar-refractivity contribution < 1.29 is 13.2 Å². The number of nitrogens with zero attached hydrogens (tertiary/aromatic N) is 3. The number of carbonyl (C=O) groups excluding carboxylic acids is 1. The molecule has 0 bridgehead atoms. The summed E-state index contributed by atoms with van der Waals surface area (Å²) in [5.74, 6) is -0.160. The van der Waals surface area contributed by atoms with Gasteiger partial charge in [-0.05, 0) is 43.0 Å². The molecule has 0 unspecified atom stereocenters. The molecule has 7 nitrogen and oxygen atoms in total. The Kier molecular flexibility index (Phi) is 7.78. The second kappa shape index (κ2) is 10.5. The molecule has 1 aromatic carbocycles. The molecule has 0 saturated heterocycles. The lowest BCUT2D eigenvalue weighted by Crippen LogP contribution is -2.32. The van der Waals surface area contributed by atoms with Gasteiger partial charge in [0.25, 0.3) is 0 Å². The fourth-order valence-corrected chi connectivity index (χ4v) is 4.50. The van der Waals surface area contributed by atoms with Crippen LogP contribution in [0, 0.1) is 0 Å². The molecule has 0 aliphatic carbocycles. The third-order valence-corrected chi connectivity index (χ3v) is 7.46. The summed E-state index contributed by atoms with van der Waals surface area (Å²) in [6, 6.07) is 13.8. The first-order valence-corrected chi connectivity index (χ1v) is 12.5. The Morgan fingerprint density at radius 3 is 2.68 bits per heavy atom. The second-order valence-corrected chi connectivity index (χ2v) is 10.2. The van der Waals surface area contributed by atoms with Crippen molar-refractivity contribution in [2.24, 2.45) is 0 Å².